The zero-order valence-electron chi connectivity index (χ0n) is 15.7. The summed E-state index contributed by atoms with van der Waals surface area (Å²) in [6, 6.07) is 9.10. The molecule has 2 N–H and O–H groups in total. The van der Waals surface area contributed by atoms with Gasteiger partial charge in [0, 0.05) is 6.08 Å². The van der Waals surface area contributed by atoms with Crippen molar-refractivity contribution in [3.63, 3.8) is 0 Å². The largest absolute Gasteiger partial charge is 0.454 e. The van der Waals surface area contributed by atoms with Crippen molar-refractivity contribution in [1.29, 1.82) is 0 Å². The summed E-state index contributed by atoms with van der Waals surface area (Å²) in [5.74, 6) is -0.580. The predicted molar refractivity (Wildman–Crippen MR) is 101 cm³/mol. The molecule has 1 aromatic heterocycles. The van der Waals surface area contributed by atoms with Crippen LogP contribution in [0.2, 0.25) is 0 Å². The van der Waals surface area contributed by atoms with Crippen molar-refractivity contribution >= 4 is 17.4 Å². The van der Waals surface area contributed by atoms with Crippen LogP contribution in [0.1, 0.15) is 42.6 Å². The van der Waals surface area contributed by atoms with Gasteiger partial charge in [-0.2, -0.15) is 0 Å². The Morgan fingerprint density at radius 1 is 1.07 bits per heavy atom. The highest BCUT2D eigenvalue weighted by Crippen LogP contribution is 2.14. The van der Waals surface area contributed by atoms with E-state index in [1.165, 1.54) is 18.2 Å². The topological polar surface area (TPSA) is 74.6 Å². The number of nitrogens with one attached hydrogen (secondary N) is 2. The normalized spacial score (nSPS) is 11.5. The maximum absolute atomic E-state index is 12.9. The van der Waals surface area contributed by atoms with Crippen molar-refractivity contribution in [2.45, 2.75) is 27.3 Å². The summed E-state index contributed by atoms with van der Waals surface area (Å²) < 4.78 is 18.5. The lowest BCUT2D eigenvalue weighted by atomic mass is 10.1. The minimum absolute atomic E-state index is 0.122. The molecule has 0 aliphatic carbocycles. The van der Waals surface area contributed by atoms with E-state index in [1.54, 1.807) is 31.2 Å². The number of nitrogens with zero attached hydrogens (tertiary/aromatic N) is 1. The van der Waals surface area contributed by atoms with Crippen LogP contribution in [0.5, 0.6) is 0 Å². The van der Waals surface area contributed by atoms with Crippen LogP contribution in [0.15, 0.2) is 46.9 Å². The number of carbonyl (C=O) groups is 2. The van der Waals surface area contributed by atoms with E-state index in [0.717, 1.165) is 13.1 Å². The first-order valence-corrected chi connectivity index (χ1v) is 8.78. The van der Waals surface area contributed by atoms with E-state index < -0.39 is 11.8 Å². The van der Waals surface area contributed by atoms with Crippen LogP contribution < -0.4 is 10.9 Å². The van der Waals surface area contributed by atoms with Crippen molar-refractivity contribution in [1.82, 2.24) is 15.8 Å². The Bertz CT molecular complexity index is 808. The monoisotopic (exact) mass is 373 g/mol. The maximum Gasteiger partial charge on any atom is 0.305 e. The minimum atomic E-state index is -0.540. The fourth-order valence-electron chi connectivity index (χ4n) is 2.46. The Balaban J connectivity index is 1.89. The molecule has 2 rings (SSSR count). The molecular formula is C20H24FN3O3. The number of benzene rings is 1. The Labute approximate surface area is 158 Å². The molecule has 0 spiro atoms. The van der Waals surface area contributed by atoms with Gasteiger partial charge in [-0.05, 0) is 55.4 Å². The molecule has 27 heavy (non-hydrogen) atoms. The number of halogens is 1. The first-order valence-electron chi connectivity index (χ1n) is 8.78. The molecule has 0 aliphatic rings. The number of hydrazine groups is 1. The molecule has 0 saturated carbocycles. The number of allylic oxidation sites excluding steroid dienone is 1. The second-order valence-corrected chi connectivity index (χ2v) is 6.00. The van der Waals surface area contributed by atoms with Gasteiger partial charge in [0.25, 0.3) is 5.91 Å². The third-order valence-corrected chi connectivity index (χ3v) is 4.11. The molecule has 7 heteroatoms. The highest BCUT2D eigenvalue weighted by atomic mass is 19.1. The van der Waals surface area contributed by atoms with Crippen LogP contribution in [0.3, 0.4) is 0 Å². The second-order valence-electron chi connectivity index (χ2n) is 6.00. The third-order valence-electron chi connectivity index (χ3n) is 4.11. The summed E-state index contributed by atoms with van der Waals surface area (Å²) in [6.45, 7) is 8.21. The number of carbonyl (C=O) groups excluding carboxylic acids is 2. The summed E-state index contributed by atoms with van der Waals surface area (Å²) in [7, 11) is 0. The smallest absolute Gasteiger partial charge is 0.305 e. The third kappa shape index (κ3) is 6.07. The molecule has 144 valence electrons. The Kier molecular flexibility index (Phi) is 7.31. The van der Waals surface area contributed by atoms with E-state index in [0.29, 0.717) is 23.4 Å². The van der Waals surface area contributed by atoms with Crippen LogP contribution in [0.4, 0.5) is 4.39 Å². The minimum Gasteiger partial charge on any atom is -0.454 e. The van der Waals surface area contributed by atoms with Gasteiger partial charge in [0.1, 0.15) is 11.6 Å². The van der Waals surface area contributed by atoms with Gasteiger partial charge in [0.15, 0.2) is 5.76 Å². The van der Waals surface area contributed by atoms with Crippen LogP contribution in [0.25, 0.3) is 5.57 Å². The van der Waals surface area contributed by atoms with Gasteiger partial charge in [0.05, 0.1) is 6.54 Å². The van der Waals surface area contributed by atoms with E-state index in [4.69, 9.17) is 4.42 Å². The Morgan fingerprint density at radius 2 is 1.74 bits per heavy atom. The second kappa shape index (κ2) is 9.68. The van der Waals surface area contributed by atoms with E-state index in [9.17, 15) is 14.0 Å². The van der Waals surface area contributed by atoms with Crippen LogP contribution >= 0.6 is 0 Å². The molecule has 6 nitrogen and oxygen atoms in total. The fourth-order valence-corrected chi connectivity index (χ4v) is 2.46. The average molecular weight is 373 g/mol. The number of hydrogen-bond donors (Lipinski definition) is 2. The molecule has 2 amide bonds. The molecule has 0 radical (unpaired) electrons. The molecule has 0 saturated heterocycles. The molecule has 0 bridgehead atoms. The first kappa shape index (κ1) is 20.4. The van der Waals surface area contributed by atoms with E-state index in [-0.39, 0.29) is 11.6 Å². The van der Waals surface area contributed by atoms with Crippen LogP contribution in [-0.2, 0) is 11.3 Å². The van der Waals surface area contributed by atoms with Crippen molar-refractivity contribution in [3.05, 3.63) is 65.4 Å². The van der Waals surface area contributed by atoms with Gasteiger partial charge in [-0.1, -0.05) is 26.0 Å². The van der Waals surface area contributed by atoms with Gasteiger partial charge in [-0.15, -0.1) is 0 Å². The highest BCUT2D eigenvalue weighted by molar-refractivity contribution is 5.98. The predicted octanol–water partition coefficient (Wildman–Crippen LogP) is 3.13. The SMILES string of the molecule is CCN(CC)Cc1ccc(C(=O)NNC(=O)/C=C(\C)c2ccc(F)cc2)o1. The standard InChI is InChI=1S/C20H24FN3O3/c1-4-24(5-2)13-17-10-11-18(27-17)20(26)23-22-19(25)12-14(3)15-6-8-16(21)9-7-15/h6-12H,4-5,13H2,1-3H3,(H,22,25)(H,23,26)/b14-12+. The summed E-state index contributed by atoms with van der Waals surface area (Å²) >= 11 is 0. The van der Waals surface area contributed by atoms with Gasteiger partial charge in [-0.25, -0.2) is 4.39 Å². The van der Waals surface area contributed by atoms with Gasteiger partial charge < -0.3 is 4.42 Å². The van der Waals surface area contributed by atoms with Gasteiger partial charge in [-0.3, -0.25) is 25.3 Å². The number of rotatable bonds is 7. The van der Waals surface area contributed by atoms with Crippen molar-refractivity contribution in [2.75, 3.05) is 13.1 Å². The maximum atomic E-state index is 12.9. The lowest BCUT2D eigenvalue weighted by Crippen LogP contribution is -2.40. The number of amides is 2. The fraction of sp³-hybridized carbons (Fsp3) is 0.300. The molecule has 0 unspecified atom stereocenters. The van der Waals surface area contributed by atoms with Crippen LogP contribution in [0, 0.1) is 5.82 Å². The van der Waals surface area contributed by atoms with Gasteiger partial charge >= 0.3 is 5.91 Å². The summed E-state index contributed by atoms with van der Waals surface area (Å²) in [4.78, 5) is 26.2. The molecule has 1 heterocycles. The van der Waals surface area contributed by atoms with Gasteiger partial charge in [0.2, 0.25) is 0 Å². The zero-order chi connectivity index (χ0) is 19.8. The Hall–Kier alpha value is -2.93. The average Bonchev–Trinajstić information content (AvgIpc) is 3.13. The van der Waals surface area contributed by atoms with Crippen molar-refractivity contribution in [2.24, 2.45) is 0 Å². The zero-order valence-corrected chi connectivity index (χ0v) is 15.7. The van der Waals surface area contributed by atoms with E-state index in [2.05, 4.69) is 29.6 Å². The molecule has 1 aromatic carbocycles. The summed E-state index contributed by atoms with van der Waals surface area (Å²) in [5, 5.41) is 0. The number of furan rings is 1. The van der Waals surface area contributed by atoms with Crippen LogP contribution in [-0.4, -0.2) is 29.8 Å². The molecule has 0 fully saturated rings. The molecule has 0 aliphatic heterocycles. The first-order chi connectivity index (χ1) is 12.9. The lowest BCUT2D eigenvalue weighted by molar-refractivity contribution is -0.117. The van der Waals surface area contributed by atoms with E-state index in [1.807, 2.05) is 0 Å². The van der Waals surface area contributed by atoms with Crippen molar-refractivity contribution < 1.29 is 18.4 Å². The summed E-state index contributed by atoms with van der Waals surface area (Å²) in [5.41, 5.74) is 5.97. The lowest BCUT2D eigenvalue weighted by Gasteiger charge is -2.15. The molecular weight excluding hydrogens is 349 g/mol. The highest BCUT2D eigenvalue weighted by Gasteiger charge is 2.13. The van der Waals surface area contributed by atoms with Crippen molar-refractivity contribution in [3.8, 4) is 0 Å². The van der Waals surface area contributed by atoms with E-state index >= 15 is 0 Å². The molecule has 0 atom stereocenters. The Morgan fingerprint density at radius 3 is 2.37 bits per heavy atom. The summed E-state index contributed by atoms with van der Waals surface area (Å²) in [6.07, 6.45) is 1.32. The number of hydrogen-bond acceptors (Lipinski definition) is 4. The molecule has 2 aromatic rings. The quantitative estimate of drug-likeness (QED) is 0.578.